The van der Waals surface area contributed by atoms with Gasteiger partial charge in [-0.05, 0) is 66.7 Å². The second kappa shape index (κ2) is 24.9. The van der Waals surface area contributed by atoms with E-state index < -0.39 is 23.5 Å². The summed E-state index contributed by atoms with van der Waals surface area (Å²) >= 11 is 5.28. The van der Waals surface area contributed by atoms with Crippen LogP contribution < -0.4 is 113 Å². The number of carbonyl (C=O) groups excluding carboxylic acids is 1. The molecule has 2 heterocycles. The van der Waals surface area contributed by atoms with Crippen LogP contribution in [0.3, 0.4) is 0 Å². The first-order valence-electron chi connectivity index (χ1n) is 11.9. The molecule has 0 radical (unpaired) electrons. The Kier molecular flexibility index (Phi) is 25.0. The van der Waals surface area contributed by atoms with Crippen LogP contribution in [0.4, 0.5) is 26.3 Å². The smallest absolute Gasteiger partial charge is 1.00 e. The Bertz CT molecular complexity index is 1540. The fourth-order valence-electron chi connectivity index (χ4n) is 2.72. The average molecular weight is 733 g/mol. The maximum absolute atomic E-state index is 12.4. The van der Waals surface area contributed by atoms with Crippen LogP contribution in [0.2, 0.25) is 5.15 Å². The number of rotatable bonds is 5. The summed E-state index contributed by atoms with van der Waals surface area (Å²) in [4.78, 5) is 24.6. The molecule has 238 valence electrons. The van der Waals surface area contributed by atoms with Crippen molar-refractivity contribution >= 4 is 18.1 Å². The maximum atomic E-state index is 12.4. The minimum atomic E-state index is -4.41. The molecule has 4 aromatic rings. The maximum Gasteiger partial charge on any atom is 1.00 e. The summed E-state index contributed by atoms with van der Waals surface area (Å²) in [6, 6.07) is 17.4. The Morgan fingerprint density at radius 3 is 1.55 bits per heavy atom. The summed E-state index contributed by atoms with van der Waals surface area (Å²) < 4.78 is 77.9. The number of alkyl halides is 6. The van der Waals surface area contributed by atoms with E-state index in [1.54, 1.807) is 48.5 Å². The van der Waals surface area contributed by atoms with Gasteiger partial charge in [-0.1, -0.05) is 11.6 Å². The molecule has 2 aromatic heterocycles. The quantitative estimate of drug-likeness (QED) is 0.0629. The Morgan fingerprint density at radius 2 is 1.21 bits per heavy atom. The molecular formula is C29H21ClF6K2N4O5. The van der Waals surface area contributed by atoms with Crippen molar-refractivity contribution in [1.29, 1.82) is 0 Å². The number of phenols is 1. The summed E-state index contributed by atoms with van der Waals surface area (Å²) in [5, 5.41) is 17.3. The van der Waals surface area contributed by atoms with E-state index in [4.69, 9.17) is 44.6 Å². The number of hydrogen-bond acceptors (Lipinski definition) is 7. The van der Waals surface area contributed by atoms with E-state index in [2.05, 4.69) is 24.5 Å². The van der Waals surface area contributed by atoms with Gasteiger partial charge in [0.15, 0.2) is 0 Å². The summed E-state index contributed by atoms with van der Waals surface area (Å²) in [7, 11) is 0. The van der Waals surface area contributed by atoms with Gasteiger partial charge in [0.2, 0.25) is 19.0 Å². The van der Waals surface area contributed by atoms with Crippen molar-refractivity contribution in [3.05, 3.63) is 135 Å². The Morgan fingerprint density at radius 1 is 0.787 bits per heavy atom. The summed E-state index contributed by atoms with van der Waals surface area (Å²) in [5.74, 6) is 0.774. The molecule has 0 saturated heterocycles. The van der Waals surface area contributed by atoms with Crippen LogP contribution in [0.5, 0.6) is 17.4 Å². The Hall–Kier alpha value is -2.11. The van der Waals surface area contributed by atoms with E-state index in [1.165, 1.54) is 0 Å². The predicted molar refractivity (Wildman–Crippen MR) is 147 cm³/mol. The monoisotopic (exact) mass is 732 g/mol. The van der Waals surface area contributed by atoms with Gasteiger partial charge in [0, 0.05) is 29.6 Å². The molecule has 0 aliphatic rings. The van der Waals surface area contributed by atoms with E-state index in [0.717, 1.165) is 41.6 Å². The number of aromatic hydroxyl groups is 1. The number of phenolic OH excluding ortho intramolecular Hbond substituents is 1. The second-order valence-electron chi connectivity index (χ2n) is 7.99. The number of halogens is 7. The van der Waals surface area contributed by atoms with Crippen LogP contribution in [0.25, 0.3) is 9.69 Å². The molecule has 2 aromatic carbocycles. The average Bonchev–Trinajstić information content (AvgIpc) is 3.00. The summed E-state index contributed by atoms with van der Waals surface area (Å²) in [6.45, 7) is 13.8. The van der Waals surface area contributed by atoms with Crippen molar-refractivity contribution in [2.45, 2.75) is 25.4 Å². The van der Waals surface area contributed by atoms with Gasteiger partial charge in [-0.25, -0.2) is 23.1 Å². The zero-order valence-corrected chi connectivity index (χ0v) is 31.6. The topological polar surface area (TPSA) is 113 Å². The summed E-state index contributed by atoms with van der Waals surface area (Å²) in [5.41, 5.74) is 0.166. The third-order valence-corrected chi connectivity index (χ3v) is 4.99. The van der Waals surface area contributed by atoms with Crippen molar-refractivity contribution in [2.75, 3.05) is 0 Å². The van der Waals surface area contributed by atoms with E-state index in [0.29, 0.717) is 18.5 Å². The molecule has 47 heavy (non-hydrogen) atoms. The fraction of sp³-hybridized carbons (Fsp3) is 0.138. The zero-order chi connectivity index (χ0) is 33.9. The first kappa shape index (κ1) is 47.0. The third kappa shape index (κ3) is 20.8. The summed E-state index contributed by atoms with van der Waals surface area (Å²) in [6.07, 6.45) is -7.32. The van der Waals surface area contributed by atoms with Crippen molar-refractivity contribution in [1.82, 2.24) is 9.97 Å². The molecule has 1 N–H and O–H groups in total. The minimum Gasteiger partial charge on any atom is -1.00 e. The van der Waals surface area contributed by atoms with Gasteiger partial charge in [-0.2, -0.15) is 26.3 Å². The molecule has 0 fully saturated rings. The van der Waals surface area contributed by atoms with Crippen LogP contribution in [-0.2, 0) is 35.1 Å². The molecule has 9 nitrogen and oxygen atoms in total. The molecule has 0 bridgehead atoms. The number of benzene rings is 2. The second-order valence-corrected chi connectivity index (χ2v) is 8.37. The zero-order valence-electron chi connectivity index (χ0n) is 25.6. The first-order chi connectivity index (χ1) is 21.2. The minimum absolute atomic E-state index is 0. The molecule has 0 aliphatic carbocycles. The molecule has 4 rings (SSSR count). The van der Waals surface area contributed by atoms with Gasteiger partial charge < -0.3 is 31.1 Å². The number of pyridine rings is 2. The Labute approximate surface area is 356 Å². The van der Waals surface area contributed by atoms with Gasteiger partial charge in [-0.3, -0.25) is 4.79 Å². The van der Waals surface area contributed by atoms with E-state index in [-0.39, 0.29) is 134 Å². The van der Waals surface area contributed by atoms with Gasteiger partial charge in [0.05, 0.1) is 11.1 Å². The molecule has 0 aliphatic heterocycles. The van der Waals surface area contributed by atoms with E-state index >= 15 is 0 Å². The molecule has 18 heteroatoms. The number of aromatic nitrogens is 2. The van der Waals surface area contributed by atoms with Crippen LogP contribution in [0, 0.1) is 13.1 Å². The third-order valence-electron chi connectivity index (χ3n) is 4.76. The Balaban J connectivity index is -0.000000620. The van der Waals surface area contributed by atoms with Crippen molar-refractivity contribution in [3.8, 4) is 17.4 Å². The SMILES string of the molecule is FC(F)(F)c1ccc(Cl)nc1.O=CO[O-].[C-]#[N+]Cc1ccc(O)cc1.[C-]#[N+]Cc1ccc(Oc2ccc(C(F)(F)F)cn2)cc1.[H-].[K+].[K+]. The standard InChI is InChI=1S/C14H9F3N2O.C8H7NO.C6H3ClF3N.CH2O3.2K.H/c1-18-8-10-2-5-12(6-3-10)20-13-7-4-11(9-19-13)14(15,16)17;1-9-6-7-2-4-8(10)5-3-7;7-5-2-1-4(3-11-5)6(8,9)10;2-1-4-3;;;/h2-7,9H,8H2;2-5,10H,6H2;1-3H;1,3H;;;/q;;;;2*+1;-1/p-1. The molecular weight excluding hydrogens is 712 g/mol. The van der Waals surface area contributed by atoms with Gasteiger partial charge in [-0.15, -0.1) is 0 Å². The number of carbonyl (C=O) groups is 1. The number of ether oxygens (including phenoxy) is 1. The molecule has 0 saturated carbocycles. The number of hydrogen-bond donors (Lipinski definition) is 1. The van der Waals surface area contributed by atoms with Crippen LogP contribution in [-0.4, -0.2) is 21.5 Å². The fourth-order valence-corrected chi connectivity index (χ4v) is 2.83. The normalized spacial score (nSPS) is 9.66. The van der Waals surface area contributed by atoms with Crippen molar-refractivity contribution in [2.24, 2.45) is 0 Å². The van der Waals surface area contributed by atoms with Gasteiger partial charge in [0.25, 0.3) is 6.47 Å². The van der Waals surface area contributed by atoms with Crippen LogP contribution in [0.1, 0.15) is 23.7 Å². The van der Waals surface area contributed by atoms with Crippen LogP contribution in [0.15, 0.2) is 85.2 Å². The van der Waals surface area contributed by atoms with Crippen molar-refractivity contribution in [3.63, 3.8) is 0 Å². The largest absolute Gasteiger partial charge is 1.00 e. The number of nitrogens with zero attached hydrogens (tertiary/aromatic N) is 4. The van der Waals surface area contributed by atoms with Gasteiger partial charge in [0.1, 0.15) is 16.7 Å². The molecule has 0 spiro atoms. The van der Waals surface area contributed by atoms with Crippen LogP contribution >= 0.6 is 11.6 Å². The molecule has 0 amide bonds. The van der Waals surface area contributed by atoms with Crippen molar-refractivity contribution < 1.29 is 155 Å². The van der Waals surface area contributed by atoms with E-state index in [1.807, 2.05) is 0 Å². The van der Waals surface area contributed by atoms with E-state index in [9.17, 15) is 26.3 Å². The first-order valence-corrected chi connectivity index (χ1v) is 12.3. The van der Waals surface area contributed by atoms with Gasteiger partial charge >= 0.3 is 115 Å². The molecule has 0 unspecified atom stereocenters. The molecule has 0 atom stereocenters. The predicted octanol–water partition coefficient (Wildman–Crippen LogP) is 1.43.